The maximum absolute atomic E-state index is 12.5. The van der Waals surface area contributed by atoms with Gasteiger partial charge in [0.05, 0.1) is 48.9 Å². The molecule has 3 N–H and O–H groups in total. The summed E-state index contributed by atoms with van der Waals surface area (Å²) in [7, 11) is -2.81. The first-order valence-corrected chi connectivity index (χ1v) is 23.6. The third kappa shape index (κ3) is 10.7. The molecule has 0 fully saturated rings. The number of benzene rings is 3. The first kappa shape index (κ1) is 48.0. The Hall–Kier alpha value is -5.97. The molecule has 0 atom stereocenters. The van der Waals surface area contributed by atoms with Crippen LogP contribution in [0.3, 0.4) is 0 Å². The summed E-state index contributed by atoms with van der Waals surface area (Å²) in [5.41, 5.74) is 7.67. The fourth-order valence-corrected chi connectivity index (χ4v) is 9.36. The minimum atomic E-state index is -4.46. The van der Waals surface area contributed by atoms with Crippen LogP contribution in [0, 0.1) is 0 Å². The SMILES string of the molecule is COCCOCCOCCN1c2cc3c(cc2C(C)=CC1(C)C)C(=CC=CC1=[N+](CCCCCC(=O)On2c(O)ccc2O)c2ccc(S(=O)(=O)O)cc2C1(C)C)C=C(c1ccccc1)O3. The van der Waals surface area contributed by atoms with Crippen LogP contribution in [0.25, 0.3) is 16.9 Å². The van der Waals surface area contributed by atoms with Gasteiger partial charge in [0.2, 0.25) is 17.4 Å². The molecule has 0 saturated carbocycles. The molecular weight excluding hydrogens is 863 g/mol. The van der Waals surface area contributed by atoms with Crippen molar-refractivity contribution in [1.82, 2.24) is 4.73 Å². The third-order valence-electron chi connectivity index (χ3n) is 12.2. The molecule has 0 saturated heterocycles. The molecule has 66 heavy (non-hydrogen) atoms. The van der Waals surface area contributed by atoms with Crippen molar-refractivity contribution in [3.63, 3.8) is 0 Å². The van der Waals surface area contributed by atoms with Crippen molar-refractivity contribution in [2.24, 2.45) is 0 Å². The Bertz CT molecular complexity index is 2690. The number of aromatic hydroxyl groups is 2. The summed E-state index contributed by atoms with van der Waals surface area (Å²) in [6.45, 7) is 14.4. The van der Waals surface area contributed by atoms with E-state index in [1.54, 1.807) is 13.2 Å². The van der Waals surface area contributed by atoms with Gasteiger partial charge < -0.3 is 38.9 Å². The minimum Gasteiger partial charge on any atom is -0.492 e. The van der Waals surface area contributed by atoms with Crippen molar-refractivity contribution < 1.29 is 56.3 Å². The van der Waals surface area contributed by atoms with Crippen LogP contribution in [0.2, 0.25) is 0 Å². The lowest BCUT2D eigenvalue weighted by Gasteiger charge is -2.44. The van der Waals surface area contributed by atoms with Crippen LogP contribution in [0.1, 0.15) is 82.6 Å². The lowest BCUT2D eigenvalue weighted by atomic mass is 9.81. The fraction of sp³-hybridized carbons (Fsp3) is 0.373. The van der Waals surface area contributed by atoms with E-state index in [9.17, 15) is 28.0 Å². The van der Waals surface area contributed by atoms with Crippen LogP contribution in [-0.4, -0.2) is 103 Å². The van der Waals surface area contributed by atoms with E-state index in [0.717, 1.165) is 56.2 Å². The van der Waals surface area contributed by atoms with Gasteiger partial charge in [0, 0.05) is 84.8 Å². The van der Waals surface area contributed by atoms with E-state index >= 15 is 0 Å². The number of anilines is 1. The summed E-state index contributed by atoms with van der Waals surface area (Å²) in [5.74, 6) is 0.0675. The molecule has 0 aliphatic carbocycles. The van der Waals surface area contributed by atoms with Gasteiger partial charge in [-0.2, -0.15) is 13.0 Å². The monoisotopic (exact) mass is 922 g/mol. The van der Waals surface area contributed by atoms with Crippen LogP contribution in [-0.2, 0) is 34.5 Å². The van der Waals surface area contributed by atoms with E-state index in [1.807, 2.05) is 50.3 Å². The zero-order chi connectivity index (χ0) is 47.2. The Kier molecular flexibility index (Phi) is 14.7. The molecule has 15 heteroatoms. The molecule has 0 bridgehead atoms. The number of carbonyl (C=O) groups excluding carboxylic acids is 1. The van der Waals surface area contributed by atoms with Gasteiger partial charge in [0.15, 0.2) is 5.71 Å². The highest BCUT2D eigenvalue weighted by Crippen LogP contribution is 2.47. The van der Waals surface area contributed by atoms with Crippen molar-refractivity contribution >= 4 is 50.1 Å². The zero-order valence-electron chi connectivity index (χ0n) is 38.5. The van der Waals surface area contributed by atoms with Crippen LogP contribution < -0.4 is 14.5 Å². The largest absolute Gasteiger partial charge is 0.492 e. The van der Waals surface area contributed by atoms with Crippen molar-refractivity contribution in [3.8, 4) is 17.5 Å². The number of hydrogen-bond acceptors (Lipinski definition) is 11. The minimum absolute atomic E-state index is 0.0686. The van der Waals surface area contributed by atoms with E-state index in [4.69, 9.17) is 23.8 Å². The normalized spacial score (nSPS) is 16.8. The quantitative estimate of drug-likeness (QED) is 0.0440. The van der Waals surface area contributed by atoms with Gasteiger partial charge in [0.1, 0.15) is 18.1 Å². The van der Waals surface area contributed by atoms with Crippen molar-refractivity contribution in [1.29, 1.82) is 0 Å². The first-order valence-electron chi connectivity index (χ1n) is 22.2. The van der Waals surface area contributed by atoms with E-state index in [0.29, 0.717) is 75.9 Å². The second-order valence-corrected chi connectivity index (χ2v) is 19.0. The summed E-state index contributed by atoms with van der Waals surface area (Å²) < 4.78 is 60.8. The molecular formula is C51H60N3O11S+. The lowest BCUT2D eigenvalue weighted by Crippen LogP contribution is -2.46. The predicted molar refractivity (Wildman–Crippen MR) is 254 cm³/mol. The highest BCUT2D eigenvalue weighted by Gasteiger charge is 2.45. The zero-order valence-corrected chi connectivity index (χ0v) is 39.3. The lowest BCUT2D eigenvalue weighted by molar-refractivity contribution is -0.438. The van der Waals surface area contributed by atoms with E-state index < -0.39 is 21.5 Å². The van der Waals surface area contributed by atoms with Gasteiger partial charge in [-0.25, -0.2) is 4.79 Å². The Morgan fingerprint density at radius 3 is 2.29 bits per heavy atom. The standard InChI is InChI=1S/C51H59N3O11S/c1-35-34-50(2,3)53(24-25-62-28-29-63-27-26-61-6)43-33-45-40(32-39(35)43)37(30-44(64-45)36-14-9-7-10-15-36)16-13-17-46-51(4,5)41-31-38(66(58,59)60)19-20-42(41)52(46)23-12-8-11-18-49(57)65-54-47(55)21-22-48(54)56/h7,9-10,13-17,19-22,30-34H,8,11-12,18,23-29H2,1-6H3,(H2-,55,56,58,59,60)/p+1. The predicted octanol–water partition coefficient (Wildman–Crippen LogP) is 8.49. The van der Waals surface area contributed by atoms with Crippen LogP contribution in [0.15, 0.2) is 108 Å². The van der Waals surface area contributed by atoms with Gasteiger partial charge in [-0.3, -0.25) is 4.55 Å². The third-order valence-corrected chi connectivity index (χ3v) is 13.0. The number of carbonyl (C=O) groups is 1. The fourth-order valence-electron chi connectivity index (χ4n) is 8.85. The summed E-state index contributed by atoms with van der Waals surface area (Å²) in [5, 5.41) is 19.7. The number of rotatable bonds is 20. The van der Waals surface area contributed by atoms with Crippen LogP contribution in [0.4, 0.5) is 11.4 Å². The van der Waals surface area contributed by atoms with Gasteiger partial charge >= 0.3 is 5.97 Å². The number of hydrogen-bond donors (Lipinski definition) is 3. The molecule has 1 aromatic heterocycles. The van der Waals surface area contributed by atoms with Gasteiger partial charge in [-0.05, 0) is 82.9 Å². The number of unbranched alkanes of at least 4 members (excludes halogenated alkanes) is 2. The molecule has 3 aliphatic rings. The Balaban J connectivity index is 1.18. The van der Waals surface area contributed by atoms with Gasteiger partial charge in [-0.1, -0.05) is 48.6 Å². The number of nitrogens with zero attached hydrogens (tertiary/aromatic N) is 3. The average Bonchev–Trinajstić information content (AvgIpc) is 3.70. The topological polar surface area (TPSA) is 169 Å². The van der Waals surface area contributed by atoms with E-state index in [-0.39, 0.29) is 28.6 Å². The van der Waals surface area contributed by atoms with Crippen LogP contribution >= 0.6 is 0 Å². The number of ether oxygens (including phenoxy) is 4. The van der Waals surface area contributed by atoms with Gasteiger partial charge in [-0.15, -0.1) is 4.73 Å². The van der Waals surface area contributed by atoms with E-state index in [2.05, 4.69) is 66.7 Å². The Labute approximate surface area is 387 Å². The maximum Gasteiger partial charge on any atom is 0.333 e. The molecule has 0 radical (unpaired) electrons. The summed E-state index contributed by atoms with van der Waals surface area (Å²) in [4.78, 5) is 19.8. The number of fused-ring (bicyclic) bond motifs is 3. The molecule has 0 spiro atoms. The average molecular weight is 923 g/mol. The molecule has 3 aliphatic heterocycles. The Morgan fingerprint density at radius 1 is 0.864 bits per heavy atom. The van der Waals surface area contributed by atoms with Crippen molar-refractivity contribution in [2.45, 2.75) is 76.2 Å². The molecule has 4 aromatic rings. The summed E-state index contributed by atoms with van der Waals surface area (Å²) >= 11 is 0. The molecule has 4 heterocycles. The van der Waals surface area contributed by atoms with Gasteiger partial charge in [0.25, 0.3) is 10.1 Å². The number of methoxy groups -OCH3 is 1. The molecule has 0 unspecified atom stereocenters. The molecule has 3 aromatic carbocycles. The summed E-state index contributed by atoms with van der Waals surface area (Å²) in [6, 6.07) is 21.4. The second kappa shape index (κ2) is 20.3. The molecule has 14 nitrogen and oxygen atoms in total. The highest BCUT2D eigenvalue weighted by atomic mass is 32.2. The molecule has 350 valence electrons. The molecule has 0 amide bonds. The van der Waals surface area contributed by atoms with Crippen molar-refractivity contribution in [3.05, 3.63) is 125 Å². The second-order valence-electron chi connectivity index (χ2n) is 17.6. The van der Waals surface area contributed by atoms with E-state index in [1.165, 1.54) is 24.3 Å². The van der Waals surface area contributed by atoms with Crippen LogP contribution in [0.5, 0.6) is 17.5 Å². The number of aromatic nitrogens is 1. The smallest absolute Gasteiger partial charge is 0.333 e. The highest BCUT2D eigenvalue weighted by molar-refractivity contribution is 7.85. The Morgan fingerprint density at radius 2 is 1.58 bits per heavy atom. The molecule has 7 rings (SSSR count). The van der Waals surface area contributed by atoms with Crippen molar-refractivity contribution in [2.75, 3.05) is 58.1 Å². The number of allylic oxidation sites excluding steroid dienone is 6. The summed E-state index contributed by atoms with van der Waals surface area (Å²) in [6.07, 6.45) is 12.4. The maximum atomic E-state index is 12.5. The first-order chi connectivity index (χ1) is 31.5.